The Morgan fingerprint density at radius 2 is 2.17 bits per heavy atom. The maximum Gasteiger partial charge on any atom is 0.0900 e. The molecule has 0 aliphatic heterocycles. The van der Waals surface area contributed by atoms with Crippen LogP contribution in [-0.2, 0) is 6.54 Å². The zero-order valence-corrected chi connectivity index (χ0v) is 12.4. The number of rotatable bonds is 4. The first-order valence-corrected chi connectivity index (χ1v) is 7.17. The van der Waals surface area contributed by atoms with Gasteiger partial charge in [0.25, 0.3) is 0 Å². The number of benzene rings is 1. The van der Waals surface area contributed by atoms with Gasteiger partial charge in [0.15, 0.2) is 0 Å². The third kappa shape index (κ3) is 3.31. The van der Waals surface area contributed by atoms with Gasteiger partial charge in [0.2, 0.25) is 0 Å². The van der Waals surface area contributed by atoms with E-state index in [1.165, 1.54) is 10.4 Å². The lowest BCUT2D eigenvalue weighted by molar-refractivity contribution is 0.577. The second-order valence-electron chi connectivity index (χ2n) is 4.40. The molecule has 0 saturated heterocycles. The Kier molecular flexibility index (Phi) is 4.38. The minimum atomic E-state index is 0.283. The standard InChI is InChI=1S/C14H17ClN2S/c1-9(12-5-4-6-13(15)7-12)16-8-14-10(2)17-11(3)18-14/h4-7,9,16H,8H2,1-3H3/t9-/m0/s1. The van der Waals surface area contributed by atoms with Crippen LogP contribution in [0.15, 0.2) is 24.3 Å². The van der Waals surface area contributed by atoms with Crippen molar-refractivity contribution in [2.24, 2.45) is 0 Å². The van der Waals surface area contributed by atoms with Crippen molar-refractivity contribution in [2.75, 3.05) is 0 Å². The summed E-state index contributed by atoms with van der Waals surface area (Å²) >= 11 is 7.75. The predicted molar refractivity (Wildman–Crippen MR) is 78.3 cm³/mol. The van der Waals surface area contributed by atoms with Gasteiger partial charge in [-0.15, -0.1) is 11.3 Å². The van der Waals surface area contributed by atoms with Gasteiger partial charge >= 0.3 is 0 Å². The van der Waals surface area contributed by atoms with Gasteiger partial charge in [-0.1, -0.05) is 23.7 Å². The molecule has 1 aromatic heterocycles. The highest BCUT2D eigenvalue weighted by Crippen LogP contribution is 2.20. The SMILES string of the molecule is Cc1nc(C)c(CN[C@@H](C)c2cccc(Cl)c2)s1. The first-order valence-electron chi connectivity index (χ1n) is 5.98. The molecule has 0 fully saturated rings. The van der Waals surface area contributed by atoms with Gasteiger partial charge < -0.3 is 5.32 Å². The number of nitrogens with one attached hydrogen (secondary N) is 1. The topological polar surface area (TPSA) is 24.9 Å². The summed E-state index contributed by atoms with van der Waals surface area (Å²) in [6, 6.07) is 8.26. The molecule has 2 aromatic rings. The van der Waals surface area contributed by atoms with Crippen molar-refractivity contribution in [3.05, 3.63) is 50.4 Å². The second-order valence-corrected chi connectivity index (χ2v) is 6.12. The lowest BCUT2D eigenvalue weighted by Crippen LogP contribution is -2.17. The average Bonchev–Trinajstić information content (AvgIpc) is 2.65. The predicted octanol–water partition coefficient (Wildman–Crippen LogP) is 4.26. The number of halogens is 1. The van der Waals surface area contributed by atoms with Crippen molar-refractivity contribution in [3.8, 4) is 0 Å². The Bertz CT molecular complexity index is 536. The summed E-state index contributed by atoms with van der Waals surface area (Å²) in [5.74, 6) is 0. The van der Waals surface area contributed by atoms with Crippen LogP contribution < -0.4 is 5.32 Å². The van der Waals surface area contributed by atoms with E-state index in [0.29, 0.717) is 0 Å². The summed E-state index contributed by atoms with van der Waals surface area (Å²) in [6.45, 7) is 7.10. The molecule has 0 bridgehead atoms. The van der Waals surface area contributed by atoms with Crippen LogP contribution in [0.5, 0.6) is 0 Å². The average molecular weight is 281 g/mol. The lowest BCUT2D eigenvalue weighted by Gasteiger charge is -2.14. The van der Waals surface area contributed by atoms with E-state index < -0.39 is 0 Å². The van der Waals surface area contributed by atoms with Crippen LogP contribution >= 0.6 is 22.9 Å². The second kappa shape index (κ2) is 5.83. The van der Waals surface area contributed by atoms with Gasteiger partial charge in [0, 0.05) is 22.5 Å². The van der Waals surface area contributed by atoms with Crippen molar-refractivity contribution < 1.29 is 0 Å². The molecule has 0 spiro atoms. The summed E-state index contributed by atoms with van der Waals surface area (Å²) < 4.78 is 0. The highest BCUT2D eigenvalue weighted by atomic mass is 35.5. The van der Waals surface area contributed by atoms with Crippen molar-refractivity contribution in [3.63, 3.8) is 0 Å². The van der Waals surface area contributed by atoms with E-state index in [2.05, 4.69) is 30.2 Å². The Morgan fingerprint density at radius 3 is 2.78 bits per heavy atom. The Morgan fingerprint density at radius 1 is 1.39 bits per heavy atom. The summed E-state index contributed by atoms with van der Waals surface area (Å²) in [4.78, 5) is 5.74. The molecule has 4 heteroatoms. The molecule has 0 aliphatic carbocycles. The van der Waals surface area contributed by atoms with Crippen molar-refractivity contribution in [1.82, 2.24) is 10.3 Å². The number of thiazole rings is 1. The summed E-state index contributed by atoms with van der Waals surface area (Å²) in [6.07, 6.45) is 0. The van der Waals surface area contributed by atoms with Crippen LogP contribution in [0.25, 0.3) is 0 Å². The minimum absolute atomic E-state index is 0.283. The van der Waals surface area contributed by atoms with Crippen molar-refractivity contribution >= 4 is 22.9 Å². The zero-order valence-electron chi connectivity index (χ0n) is 10.8. The van der Waals surface area contributed by atoms with E-state index in [4.69, 9.17) is 11.6 Å². The van der Waals surface area contributed by atoms with Crippen LogP contribution in [0.2, 0.25) is 5.02 Å². The number of aromatic nitrogens is 1. The molecule has 1 atom stereocenters. The largest absolute Gasteiger partial charge is 0.305 e. The maximum absolute atomic E-state index is 6.00. The molecular formula is C14H17ClN2S. The number of nitrogens with zero attached hydrogens (tertiary/aromatic N) is 1. The van der Waals surface area contributed by atoms with Gasteiger partial charge in [-0.05, 0) is 38.5 Å². The van der Waals surface area contributed by atoms with Gasteiger partial charge in [-0.2, -0.15) is 0 Å². The van der Waals surface area contributed by atoms with E-state index in [1.54, 1.807) is 11.3 Å². The van der Waals surface area contributed by atoms with E-state index in [9.17, 15) is 0 Å². The van der Waals surface area contributed by atoms with E-state index in [-0.39, 0.29) is 6.04 Å². The monoisotopic (exact) mass is 280 g/mol. The third-order valence-electron chi connectivity index (χ3n) is 2.92. The molecule has 0 amide bonds. The molecule has 1 heterocycles. The quantitative estimate of drug-likeness (QED) is 0.905. The van der Waals surface area contributed by atoms with Crippen molar-refractivity contribution in [2.45, 2.75) is 33.4 Å². The summed E-state index contributed by atoms with van der Waals surface area (Å²) in [5.41, 5.74) is 2.34. The molecule has 0 aliphatic rings. The van der Waals surface area contributed by atoms with E-state index >= 15 is 0 Å². The molecule has 0 unspecified atom stereocenters. The summed E-state index contributed by atoms with van der Waals surface area (Å²) in [5, 5.41) is 5.42. The fraction of sp³-hybridized carbons (Fsp3) is 0.357. The van der Waals surface area contributed by atoms with E-state index in [1.807, 2.05) is 25.1 Å². The van der Waals surface area contributed by atoms with Gasteiger partial charge in [0.1, 0.15) is 0 Å². The fourth-order valence-electron chi connectivity index (χ4n) is 1.88. The highest BCUT2D eigenvalue weighted by Gasteiger charge is 2.08. The molecule has 18 heavy (non-hydrogen) atoms. The summed E-state index contributed by atoms with van der Waals surface area (Å²) in [7, 11) is 0. The molecule has 2 nitrogen and oxygen atoms in total. The maximum atomic E-state index is 6.00. The zero-order chi connectivity index (χ0) is 13.1. The number of aryl methyl sites for hydroxylation is 2. The van der Waals surface area contributed by atoms with Gasteiger partial charge in [-0.3, -0.25) is 0 Å². The Balaban J connectivity index is 2.00. The molecule has 0 radical (unpaired) electrons. The van der Waals surface area contributed by atoms with Crippen molar-refractivity contribution in [1.29, 1.82) is 0 Å². The molecular weight excluding hydrogens is 264 g/mol. The molecule has 0 saturated carbocycles. The Labute approximate surface area is 117 Å². The molecule has 1 N–H and O–H groups in total. The van der Waals surface area contributed by atoms with E-state index in [0.717, 1.165) is 22.3 Å². The molecule has 96 valence electrons. The number of hydrogen-bond acceptors (Lipinski definition) is 3. The lowest BCUT2D eigenvalue weighted by atomic mass is 10.1. The number of hydrogen-bond donors (Lipinski definition) is 1. The third-order valence-corrected chi connectivity index (χ3v) is 4.23. The molecule has 2 rings (SSSR count). The molecule has 1 aromatic carbocycles. The van der Waals surface area contributed by atoms with Crippen LogP contribution in [-0.4, -0.2) is 4.98 Å². The van der Waals surface area contributed by atoms with Gasteiger partial charge in [-0.25, -0.2) is 4.98 Å². The minimum Gasteiger partial charge on any atom is -0.305 e. The smallest absolute Gasteiger partial charge is 0.0900 e. The fourth-order valence-corrected chi connectivity index (χ4v) is 2.96. The van der Waals surface area contributed by atoms with Crippen LogP contribution in [0.1, 0.15) is 34.1 Å². The van der Waals surface area contributed by atoms with Crippen LogP contribution in [0, 0.1) is 13.8 Å². The Hall–Kier alpha value is -0.900. The van der Waals surface area contributed by atoms with Gasteiger partial charge in [0.05, 0.1) is 10.7 Å². The first-order chi connectivity index (χ1) is 8.56. The highest BCUT2D eigenvalue weighted by molar-refractivity contribution is 7.11. The first kappa shape index (κ1) is 13.5. The van der Waals surface area contributed by atoms with Crippen LogP contribution in [0.3, 0.4) is 0 Å². The normalized spacial score (nSPS) is 12.7. The van der Waals surface area contributed by atoms with Crippen LogP contribution in [0.4, 0.5) is 0 Å².